The van der Waals surface area contributed by atoms with Crippen LogP contribution in [0.4, 0.5) is 0 Å². The van der Waals surface area contributed by atoms with Crippen molar-refractivity contribution in [3.8, 4) is 0 Å². The van der Waals surface area contributed by atoms with E-state index in [-0.39, 0.29) is 5.75 Å². The first kappa shape index (κ1) is 8.32. The van der Waals surface area contributed by atoms with Crippen LogP contribution in [-0.2, 0) is 15.9 Å². The summed E-state index contributed by atoms with van der Waals surface area (Å²) in [6.07, 6.45) is 1.85. The van der Waals surface area contributed by atoms with Crippen molar-refractivity contribution >= 4 is 17.0 Å². The van der Waals surface area contributed by atoms with E-state index in [1.807, 2.05) is 0 Å². The Morgan fingerprint density at radius 1 is 1.78 bits per heavy atom. The number of aliphatic carboxylic acids is 1. The normalized spacial score (nSPS) is 13.9. The standard InChI is InChI=1S/C4H6O4S/c5-4(6)2-1-3-9(7)8/h1-2H,3H2,(H,5,6)(H,7,8)/p-1. The molecule has 52 valence electrons. The maximum atomic E-state index is 9.74. The monoisotopic (exact) mass is 149 g/mol. The van der Waals surface area contributed by atoms with Crippen molar-refractivity contribution in [2.45, 2.75) is 0 Å². The molecular weight excluding hydrogens is 144 g/mol. The van der Waals surface area contributed by atoms with Gasteiger partial charge in [-0.15, -0.1) is 0 Å². The fourth-order valence-corrected chi connectivity index (χ4v) is 0.481. The minimum Gasteiger partial charge on any atom is -0.772 e. The molecule has 0 bridgehead atoms. The van der Waals surface area contributed by atoms with Crippen molar-refractivity contribution in [3.05, 3.63) is 12.2 Å². The van der Waals surface area contributed by atoms with Gasteiger partial charge in [-0.1, -0.05) is 17.2 Å². The maximum Gasteiger partial charge on any atom is 0.328 e. The molecule has 0 fully saturated rings. The van der Waals surface area contributed by atoms with Gasteiger partial charge in [0.2, 0.25) is 0 Å². The van der Waals surface area contributed by atoms with Gasteiger partial charge in [0.05, 0.1) is 0 Å². The molecule has 0 heterocycles. The van der Waals surface area contributed by atoms with Gasteiger partial charge in [0.15, 0.2) is 0 Å². The molecule has 1 N–H and O–H groups in total. The van der Waals surface area contributed by atoms with Crippen LogP contribution in [0.5, 0.6) is 0 Å². The molecule has 0 saturated heterocycles. The third kappa shape index (κ3) is 7.32. The van der Waals surface area contributed by atoms with Crippen molar-refractivity contribution < 1.29 is 18.7 Å². The number of carboxylic acids is 1. The second-order valence-electron chi connectivity index (χ2n) is 1.21. The van der Waals surface area contributed by atoms with E-state index in [1.165, 1.54) is 0 Å². The van der Waals surface area contributed by atoms with Crippen LogP contribution in [0.2, 0.25) is 0 Å². The molecule has 0 spiro atoms. The largest absolute Gasteiger partial charge is 0.772 e. The summed E-state index contributed by atoms with van der Waals surface area (Å²) in [7, 11) is 0. The molecule has 0 aliphatic carbocycles. The summed E-state index contributed by atoms with van der Waals surface area (Å²) in [4.78, 5) is 9.69. The number of carboxylic acid groups (broad SMARTS) is 1. The van der Waals surface area contributed by atoms with E-state index in [2.05, 4.69) is 0 Å². The predicted molar refractivity (Wildman–Crippen MR) is 30.6 cm³/mol. The minimum atomic E-state index is -2.18. The molecule has 1 unspecified atom stereocenters. The molecule has 0 aromatic heterocycles. The molecule has 0 saturated carbocycles. The topological polar surface area (TPSA) is 77.4 Å². The number of hydrogen-bond donors (Lipinski definition) is 1. The molecular formula is C4H5O4S-. The second kappa shape index (κ2) is 4.22. The predicted octanol–water partition coefficient (Wildman–Crippen LogP) is -0.494. The van der Waals surface area contributed by atoms with Gasteiger partial charge in [0.25, 0.3) is 0 Å². The first-order valence-corrected chi connectivity index (χ1v) is 3.32. The third-order valence-corrected chi connectivity index (χ3v) is 0.957. The zero-order valence-corrected chi connectivity index (χ0v) is 5.26. The molecule has 1 atom stereocenters. The van der Waals surface area contributed by atoms with Gasteiger partial charge in [-0.3, -0.25) is 4.21 Å². The van der Waals surface area contributed by atoms with Gasteiger partial charge in [0, 0.05) is 11.8 Å². The molecule has 9 heavy (non-hydrogen) atoms. The highest BCUT2D eigenvalue weighted by atomic mass is 32.2. The van der Waals surface area contributed by atoms with Crippen LogP contribution in [0.3, 0.4) is 0 Å². The van der Waals surface area contributed by atoms with Crippen molar-refractivity contribution in [2.24, 2.45) is 0 Å². The highest BCUT2D eigenvalue weighted by Gasteiger charge is 1.82. The Balaban J connectivity index is 3.48. The summed E-state index contributed by atoms with van der Waals surface area (Å²) in [5.41, 5.74) is 0. The Morgan fingerprint density at radius 2 is 2.33 bits per heavy atom. The Hall–Kier alpha value is -0.680. The Morgan fingerprint density at radius 3 is 2.67 bits per heavy atom. The highest BCUT2D eigenvalue weighted by Crippen LogP contribution is 1.76. The quantitative estimate of drug-likeness (QED) is 0.433. The molecule has 0 aliphatic rings. The molecule has 0 aromatic rings. The lowest BCUT2D eigenvalue weighted by atomic mass is 10.5. The van der Waals surface area contributed by atoms with E-state index < -0.39 is 17.0 Å². The van der Waals surface area contributed by atoms with Crippen molar-refractivity contribution in [1.29, 1.82) is 0 Å². The summed E-state index contributed by atoms with van der Waals surface area (Å²) in [6, 6.07) is 0. The van der Waals surface area contributed by atoms with E-state index in [0.29, 0.717) is 0 Å². The van der Waals surface area contributed by atoms with E-state index in [0.717, 1.165) is 12.2 Å². The summed E-state index contributed by atoms with van der Waals surface area (Å²) < 4.78 is 19.5. The molecule has 4 nitrogen and oxygen atoms in total. The fraction of sp³-hybridized carbons (Fsp3) is 0.250. The minimum absolute atomic E-state index is 0.244. The van der Waals surface area contributed by atoms with Gasteiger partial charge in [-0.25, -0.2) is 4.79 Å². The van der Waals surface area contributed by atoms with Gasteiger partial charge in [-0.2, -0.15) is 0 Å². The molecule has 5 heteroatoms. The van der Waals surface area contributed by atoms with E-state index in [9.17, 15) is 13.6 Å². The van der Waals surface area contributed by atoms with Crippen LogP contribution >= 0.6 is 0 Å². The summed E-state index contributed by atoms with van der Waals surface area (Å²) in [5.74, 6) is -1.38. The number of rotatable bonds is 3. The zero-order chi connectivity index (χ0) is 7.28. The Labute approximate surface area is 54.5 Å². The number of hydrogen-bond acceptors (Lipinski definition) is 3. The van der Waals surface area contributed by atoms with Crippen LogP contribution in [0.15, 0.2) is 12.2 Å². The molecule has 0 aliphatic heterocycles. The SMILES string of the molecule is O=C(O)C=CCS(=O)[O-]. The molecule has 0 radical (unpaired) electrons. The highest BCUT2D eigenvalue weighted by molar-refractivity contribution is 7.79. The van der Waals surface area contributed by atoms with Crippen LogP contribution in [-0.4, -0.2) is 25.6 Å². The summed E-state index contributed by atoms with van der Waals surface area (Å²) >= 11 is -2.18. The average Bonchev–Trinajstić information content (AvgIpc) is 1.63. The fourth-order valence-electron chi connectivity index (χ4n) is 0.227. The van der Waals surface area contributed by atoms with Crippen LogP contribution in [0, 0.1) is 0 Å². The van der Waals surface area contributed by atoms with Gasteiger partial charge >= 0.3 is 5.97 Å². The van der Waals surface area contributed by atoms with Crippen molar-refractivity contribution in [3.63, 3.8) is 0 Å². The molecule has 0 aromatic carbocycles. The first-order valence-electron chi connectivity index (χ1n) is 2.08. The summed E-state index contributed by atoms with van der Waals surface area (Å²) in [5, 5.41) is 7.94. The Kier molecular flexibility index (Phi) is 3.90. The van der Waals surface area contributed by atoms with Gasteiger partial charge < -0.3 is 9.66 Å². The van der Waals surface area contributed by atoms with Crippen LogP contribution in [0.1, 0.15) is 0 Å². The van der Waals surface area contributed by atoms with E-state index >= 15 is 0 Å². The second-order valence-corrected chi connectivity index (χ2v) is 2.15. The molecule has 0 amide bonds. The lowest BCUT2D eigenvalue weighted by molar-refractivity contribution is -0.131. The average molecular weight is 149 g/mol. The van der Waals surface area contributed by atoms with Crippen LogP contribution in [0.25, 0.3) is 0 Å². The Bertz CT molecular complexity index is 151. The van der Waals surface area contributed by atoms with Gasteiger partial charge in [-0.05, 0) is 0 Å². The summed E-state index contributed by atoms with van der Waals surface area (Å²) in [6.45, 7) is 0. The molecule has 0 rings (SSSR count). The number of carbonyl (C=O) groups is 1. The lowest BCUT2D eigenvalue weighted by Crippen LogP contribution is -1.92. The van der Waals surface area contributed by atoms with Gasteiger partial charge in [0.1, 0.15) is 0 Å². The van der Waals surface area contributed by atoms with Crippen LogP contribution < -0.4 is 0 Å². The van der Waals surface area contributed by atoms with E-state index in [1.54, 1.807) is 0 Å². The lowest BCUT2D eigenvalue weighted by Gasteiger charge is -1.96. The maximum absolute atomic E-state index is 9.74. The third-order valence-electron chi connectivity index (χ3n) is 0.493. The first-order chi connectivity index (χ1) is 4.13. The van der Waals surface area contributed by atoms with Crippen molar-refractivity contribution in [1.82, 2.24) is 0 Å². The van der Waals surface area contributed by atoms with Crippen molar-refractivity contribution in [2.75, 3.05) is 5.75 Å². The zero-order valence-electron chi connectivity index (χ0n) is 4.44. The smallest absolute Gasteiger partial charge is 0.328 e. The van der Waals surface area contributed by atoms with E-state index in [4.69, 9.17) is 5.11 Å².